The van der Waals surface area contributed by atoms with Crippen molar-refractivity contribution in [2.75, 3.05) is 20.0 Å². The Morgan fingerprint density at radius 3 is 2.26 bits per heavy atom. The third-order valence-corrected chi connectivity index (χ3v) is 8.08. The van der Waals surface area contributed by atoms with Gasteiger partial charge in [-0.15, -0.1) is 0 Å². The Bertz CT molecular complexity index is 1130. The molecule has 0 bridgehead atoms. The van der Waals surface area contributed by atoms with Crippen molar-refractivity contribution in [2.24, 2.45) is 5.16 Å². The molecule has 2 aromatic carbocycles. The summed E-state index contributed by atoms with van der Waals surface area (Å²) in [6.07, 6.45) is 0.504. The third-order valence-electron chi connectivity index (χ3n) is 6.09. The predicted octanol–water partition coefficient (Wildman–Crippen LogP) is 2.10. The zero-order valence-electron chi connectivity index (χ0n) is 19.4. The molecule has 2 aromatic rings. The van der Waals surface area contributed by atoms with Crippen LogP contribution in [0.25, 0.3) is 11.1 Å². The minimum Gasteiger partial charge on any atom is -0.392 e. The number of ether oxygens (including phenoxy) is 1. The minimum atomic E-state index is -3.82. The zero-order chi connectivity index (χ0) is 24.9. The average molecular weight is 491 g/mol. The molecule has 1 heterocycles. The lowest BCUT2D eigenvalue weighted by molar-refractivity contribution is -0.132. The maximum atomic E-state index is 12.2. The maximum absolute atomic E-state index is 12.2. The molecular formula is C24H30N2O7S. The van der Waals surface area contributed by atoms with Gasteiger partial charge in [-0.05, 0) is 29.2 Å². The third kappa shape index (κ3) is 5.82. The molecule has 0 aromatic heterocycles. The van der Waals surface area contributed by atoms with Gasteiger partial charge in [-0.3, -0.25) is 10.0 Å². The molecule has 10 heteroatoms. The van der Waals surface area contributed by atoms with E-state index in [-0.39, 0.29) is 6.42 Å². The van der Waals surface area contributed by atoms with Crippen molar-refractivity contribution in [3.8, 4) is 11.1 Å². The summed E-state index contributed by atoms with van der Waals surface area (Å²) >= 11 is 0. The van der Waals surface area contributed by atoms with Crippen LogP contribution in [-0.2, 0) is 30.6 Å². The van der Waals surface area contributed by atoms with Gasteiger partial charge in [0.05, 0.1) is 18.4 Å². The number of nitrogens with one attached hydrogen (secondary N) is 1. The maximum Gasteiger partial charge on any atom is 0.264 e. The van der Waals surface area contributed by atoms with E-state index in [4.69, 9.17) is 14.8 Å². The van der Waals surface area contributed by atoms with Crippen LogP contribution in [0.4, 0.5) is 0 Å². The fourth-order valence-corrected chi connectivity index (χ4v) is 4.76. The van der Waals surface area contributed by atoms with E-state index in [1.54, 1.807) is 7.11 Å². The Balaban J connectivity index is 1.65. The lowest BCUT2D eigenvalue weighted by atomic mass is 9.95. The number of hydrogen-bond donors (Lipinski definition) is 3. The van der Waals surface area contributed by atoms with Gasteiger partial charge in [0.2, 0.25) is 0 Å². The summed E-state index contributed by atoms with van der Waals surface area (Å²) in [7, 11) is -2.26. The Kier molecular flexibility index (Phi) is 8.09. The van der Waals surface area contributed by atoms with Gasteiger partial charge >= 0.3 is 0 Å². The summed E-state index contributed by atoms with van der Waals surface area (Å²) in [4.78, 5) is 17.5. The number of nitrogens with zero attached hydrogens (tertiary/aromatic N) is 1. The van der Waals surface area contributed by atoms with Gasteiger partial charge < -0.3 is 14.7 Å². The molecule has 1 aliphatic rings. The number of benzene rings is 2. The van der Waals surface area contributed by atoms with E-state index in [0.29, 0.717) is 25.2 Å². The molecule has 0 spiro atoms. The van der Waals surface area contributed by atoms with Gasteiger partial charge in [-0.1, -0.05) is 53.7 Å². The predicted molar refractivity (Wildman–Crippen MR) is 127 cm³/mol. The minimum absolute atomic E-state index is 0.144. The molecule has 3 rings (SSSR count). The van der Waals surface area contributed by atoms with E-state index >= 15 is 0 Å². The average Bonchev–Trinajstić information content (AvgIpc) is 3.26. The van der Waals surface area contributed by atoms with Crippen molar-refractivity contribution >= 4 is 21.5 Å². The van der Waals surface area contributed by atoms with Gasteiger partial charge in [-0.2, -0.15) is 0 Å². The number of rotatable bonds is 10. The lowest BCUT2D eigenvalue weighted by Gasteiger charge is -2.26. The fraction of sp³-hybridized carbons (Fsp3) is 0.417. The summed E-state index contributed by atoms with van der Waals surface area (Å²) in [5.74, 6) is -1.00. The molecule has 3 N–H and O–H groups in total. The number of aliphatic hydroxyl groups is 1. The Morgan fingerprint density at radius 1 is 1.18 bits per heavy atom. The molecule has 0 saturated carbocycles. The van der Waals surface area contributed by atoms with Gasteiger partial charge in [0.25, 0.3) is 5.91 Å². The van der Waals surface area contributed by atoms with Crippen LogP contribution in [0.3, 0.4) is 0 Å². The molecule has 9 nitrogen and oxygen atoms in total. The summed E-state index contributed by atoms with van der Waals surface area (Å²) in [6, 6.07) is 15.7. The largest absolute Gasteiger partial charge is 0.392 e. The molecule has 1 amide bonds. The van der Waals surface area contributed by atoms with Crippen molar-refractivity contribution in [3.63, 3.8) is 0 Å². The first-order valence-corrected chi connectivity index (χ1v) is 12.7. The SMILES string of the molecule is COC[C@H](O)Cc1ccc(-c2ccc(C3=NO[C@@H](C[C@](C)(C(=O)NO)S(C)(=O)=O)C3)cc2)cc1. The molecule has 3 atom stereocenters. The molecule has 1 aliphatic heterocycles. The molecule has 0 unspecified atom stereocenters. The molecule has 0 saturated heterocycles. The van der Waals surface area contributed by atoms with E-state index in [1.807, 2.05) is 48.5 Å². The van der Waals surface area contributed by atoms with Gasteiger partial charge in [0.1, 0.15) is 6.10 Å². The van der Waals surface area contributed by atoms with Crippen molar-refractivity contribution in [1.29, 1.82) is 0 Å². The van der Waals surface area contributed by atoms with Gasteiger partial charge in [0, 0.05) is 32.6 Å². The highest BCUT2D eigenvalue weighted by molar-refractivity contribution is 7.92. The Labute approximate surface area is 199 Å². The number of sulfone groups is 1. The first-order valence-electron chi connectivity index (χ1n) is 10.8. The number of hydroxylamine groups is 1. The van der Waals surface area contributed by atoms with Crippen LogP contribution in [0.15, 0.2) is 53.7 Å². The van der Waals surface area contributed by atoms with Crippen LogP contribution in [0.2, 0.25) is 0 Å². The topological polar surface area (TPSA) is 135 Å². The first-order chi connectivity index (χ1) is 16.1. The van der Waals surface area contributed by atoms with Crippen molar-refractivity contribution in [1.82, 2.24) is 5.48 Å². The zero-order valence-corrected chi connectivity index (χ0v) is 20.2. The van der Waals surface area contributed by atoms with E-state index in [2.05, 4.69) is 5.16 Å². The first kappa shape index (κ1) is 25.8. The summed E-state index contributed by atoms with van der Waals surface area (Å²) in [6.45, 7) is 1.55. The van der Waals surface area contributed by atoms with Crippen LogP contribution < -0.4 is 5.48 Å². The quantitative estimate of drug-likeness (QED) is 0.343. The number of carbonyl (C=O) groups is 1. The Hall–Kier alpha value is -2.79. The number of aliphatic hydroxyl groups excluding tert-OH is 1. The van der Waals surface area contributed by atoms with Crippen LogP contribution in [0.5, 0.6) is 0 Å². The highest BCUT2D eigenvalue weighted by atomic mass is 32.2. The van der Waals surface area contributed by atoms with Gasteiger partial charge in [-0.25, -0.2) is 13.9 Å². The Morgan fingerprint density at radius 2 is 1.74 bits per heavy atom. The standard InChI is InChI=1S/C24H30N2O7S/c1-24(23(28)25-29,34(3,30)31)14-21-13-22(26-33-21)19-10-8-18(9-11-19)17-6-4-16(5-7-17)12-20(27)15-32-2/h4-11,20-21,27,29H,12-15H2,1-3H3,(H,25,28)/t20-,21-,24-/m1/s1. The lowest BCUT2D eigenvalue weighted by Crippen LogP contribution is -2.51. The molecule has 0 fully saturated rings. The van der Waals surface area contributed by atoms with E-state index in [0.717, 1.165) is 28.5 Å². The molecule has 184 valence electrons. The molecular weight excluding hydrogens is 460 g/mol. The highest BCUT2D eigenvalue weighted by Crippen LogP contribution is 2.30. The molecule has 34 heavy (non-hydrogen) atoms. The number of methoxy groups -OCH3 is 1. The number of oxime groups is 1. The van der Waals surface area contributed by atoms with E-state index < -0.39 is 32.7 Å². The van der Waals surface area contributed by atoms with Gasteiger partial charge in [0.15, 0.2) is 14.6 Å². The van der Waals surface area contributed by atoms with Crippen molar-refractivity contribution < 1.29 is 33.1 Å². The number of hydrogen-bond acceptors (Lipinski definition) is 8. The second-order valence-corrected chi connectivity index (χ2v) is 11.2. The van der Waals surface area contributed by atoms with E-state index in [1.165, 1.54) is 12.4 Å². The number of carbonyl (C=O) groups excluding carboxylic acids is 1. The fourth-order valence-electron chi connectivity index (χ4n) is 3.89. The molecule has 0 radical (unpaired) electrons. The van der Waals surface area contributed by atoms with Crippen molar-refractivity contribution in [2.45, 2.75) is 43.1 Å². The summed E-state index contributed by atoms with van der Waals surface area (Å²) in [5.41, 5.74) is 5.97. The molecule has 0 aliphatic carbocycles. The second-order valence-electron chi connectivity index (χ2n) is 8.71. The van der Waals surface area contributed by atoms with Crippen LogP contribution >= 0.6 is 0 Å². The van der Waals surface area contributed by atoms with Crippen LogP contribution in [0, 0.1) is 0 Å². The normalized spacial score (nSPS) is 18.5. The summed E-state index contributed by atoms with van der Waals surface area (Å²) in [5, 5.41) is 22.9. The van der Waals surface area contributed by atoms with Crippen LogP contribution in [-0.4, -0.2) is 67.3 Å². The highest BCUT2D eigenvalue weighted by Gasteiger charge is 2.47. The smallest absolute Gasteiger partial charge is 0.264 e. The van der Waals surface area contributed by atoms with E-state index in [9.17, 15) is 18.3 Å². The monoisotopic (exact) mass is 490 g/mol. The summed E-state index contributed by atoms with van der Waals surface area (Å²) < 4.78 is 27.5. The van der Waals surface area contributed by atoms with Crippen molar-refractivity contribution in [3.05, 3.63) is 59.7 Å². The second kappa shape index (κ2) is 10.6. The number of amides is 1. The van der Waals surface area contributed by atoms with Crippen LogP contribution in [0.1, 0.15) is 30.9 Å².